The zero-order valence-electron chi connectivity index (χ0n) is 17.6. The second-order valence-corrected chi connectivity index (χ2v) is 7.71. The van der Waals surface area contributed by atoms with Gasteiger partial charge in [0.15, 0.2) is 11.5 Å². The van der Waals surface area contributed by atoms with Crippen molar-refractivity contribution < 1.29 is 24.1 Å². The summed E-state index contributed by atoms with van der Waals surface area (Å²) >= 11 is 0. The third-order valence-corrected chi connectivity index (χ3v) is 5.77. The van der Waals surface area contributed by atoms with E-state index in [1.54, 1.807) is 13.2 Å². The highest BCUT2D eigenvalue weighted by atomic mass is 16.7. The highest BCUT2D eigenvalue weighted by Crippen LogP contribution is 2.46. The van der Waals surface area contributed by atoms with E-state index in [4.69, 9.17) is 18.9 Å². The molecule has 0 saturated carbocycles. The van der Waals surface area contributed by atoms with E-state index in [0.717, 1.165) is 45.9 Å². The molecule has 2 unspecified atom stereocenters. The first kappa shape index (κ1) is 19.6. The highest BCUT2D eigenvalue weighted by Gasteiger charge is 2.34. The smallest absolute Gasteiger partial charge is 0.231 e. The summed E-state index contributed by atoms with van der Waals surface area (Å²) in [5.41, 5.74) is 4.08. The van der Waals surface area contributed by atoms with E-state index < -0.39 is 0 Å². The number of fused-ring (bicyclic) bond motifs is 2. The molecule has 0 saturated heterocycles. The second-order valence-electron chi connectivity index (χ2n) is 7.71. The number of hydrogen-bond acceptors (Lipinski definition) is 6. The van der Waals surface area contributed by atoms with Crippen LogP contribution in [0, 0.1) is 0 Å². The van der Waals surface area contributed by atoms with Crippen molar-refractivity contribution >= 4 is 0 Å². The minimum absolute atomic E-state index is 0.0590. The van der Waals surface area contributed by atoms with Gasteiger partial charge in [0.25, 0.3) is 0 Å². The summed E-state index contributed by atoms with van der Waals surface area (Å²) in [6.45, 7) is 2.99. The molecule has 3 aromatic carbocycles. The Morgan fingerprint density at radius 3 is 2.52 bits per heavy atom. The lowest BCUT2D eigenvalue weighted by Gasteiger charge is -2.18. The van der Waals surface area contributed by atoms with Crippen LogP contribution in [0.4, 0.5) is 0 Å². The number of benzene rings is 3. The molecule has 2 atom stereocenters. The SMILES string of the molecule is CCCOc1ccc2c(c1)C(c1ccc(OC)cc1O)NC2c1ccc2c(c1)OCO2. The fraction of sp³-hybridized carbons (Fsp3) is 0.280. The Balaban J connectivity index is 1.57. The van der Waals surface area contributed by atoms with Crippen LogP contribution in [0.3, 0.4) is 0 Å². The van der Waals surface area contributed by atoms with E-state index in [1.165, 1.54) is 0 Å². The molecule has 2 N–H and O–H groups in total. The van der Waals surface area contributed by atoms with Crippen LogP contribution >= 0.6 is 0 Å². The van der Waals surface area contributed by atoms with Crippen molar-refractivity contribution in [1.29, 1.82) is 0 Å². The first-order valence-corrected chi connectivity index (χ1v) is 10.5. The van der Waals surface area contributed by atoms with Crippen molar-refractivity contribution in [2.45, 2.75) is 25.4 Å². The number of rotatable bonds is 6. The molecule has 6 heteroatoms. The predicted octanol–water partition coefficient (Wildman–Crippen LogP) is 4.70. The van der Waals surface area contributed by atoms with Gasteiger partial charge >= 0.3 is 0 Å². The number of methoxy groups -OCH3 is 1. The monoisotopic (exact) mass is 419 g/mol. The Bertz CT molecular complexity index is 1110. The Kier molecular flexibility index (Phi) is 5.08. The van der Waals surface area contributed by atoms with Crippen LogP contribution in [0.1, 0.15) is 47.7 Å². The molecule has 0 aliphatic carbocycles. The highest BCUT2D eigenvalue weighted by molar-refractivity contribution is 5.56. The summed E-state index contributed by atoms with van der Waals surface area (Å²) in [6.07, 6.45) is 0.942. The number of phenolic OH excluding ortho intramolecular Hbond substituents is 1. The zero-order chi connectivity index (χ0) is 21.4. The number of phenols is 1. The average molecular weight is 419 g/mol. The minimum atomic E-state index is -0.193. The number of nitrogens with one attached hydrogen (secondary N) is 1. The van der Waals surface area contributed by atoms with Crippen LogP contribution in [0.25, 0.3) is 0 Å². The van der Waals surface area contributed by atoms with Crippen molar-refractivity contribution in [3.63, 3.8) is 0 Å². The maximum Gasteiger partial charge on any atom is 0.231 e. The van der Waals surface area contributed by atoms with E-state index in [9.17, 15) is 5.11 Å². The average Bonchev–Trinajstić information content (AvgIpc) is 3.41. The predicted molar refractivity (Wildman–Crippen MR) is 116 cm³/mol. The quantitative estimate of drug-likeness (QED) is 0.604. The molecule has 0 radical (unpaired) electrons. The van der Waals surface area contributed by atoms with E-state index in [2.05, 4.69) is 24.4 Å². The van der Waals surface area contributed by atoms with E-state index >= 15 is 0 Å². The first-order valence-electron chi connectivity index (χ1n) is 10.5. The normalized spacial score (nSPS) is 18.6. The van der Waals surface area contributed by atoms with Crippen LogP contribution in [0.5, 0.6) is 28.7 Å². The van der Waals surface area contributed by atoms with Crippen molar-refractivity contribution in [3.05, 3.63) is 76.9 Å². The van der Waals surface area contributed by atoms with Gasteiger partial charge in [-0.25, -0.2) is 0 Å². The third kappa shape index (κ3) is 3.53. The van der Waals surface area contributed by atoms with Crippen LogP contribution in [0.2, 0.25) is 0 Å². The second kappa shape index (κ2) is 8.04. The lowest BCUT2D eigenvalue weighted by molar-refractivity contribution is 0.174. The minimum Gasteiger partial charge on any atom is -0.507 e. The summed E-state index contributed by atoms with van der Waals surface area (Å²) in [7, 11) is 1.59. The van der Waals surface area contributed by atoms with E-state index in [1.807, 2.05) is 36.4 Å². The Hall–Kier alpha value is -3.38. The topological polar surface area (TPSA) is 69.2 Å². The van der Waals surface area contributed by atoms with E-state index in [0.29, 0.717) is 12.4 Å². The molecule has 31 heavy (non-hydrogen) atoms. The van der Waals surface area contributed by atoms with Gasteiger partial charge in [0, 0.05) is 11.6 Å². The van der Waals surface area contributed by atoms with Crippen molar-refractivity contribution in [2.24, 2.45) is 0 Å². The molecule has 0 fully saturated rings. The van der Waals surface area contributed by atoms with E-state index in [-0.39, 0.29) is 24.6 Å². The summed E-state index contributed by atoms with van der Waals surface area (Å²) in [6, 6.07) is 17.3. The molecule has 6 nitrogen and oxygen atoms in total. The van der Waals surface area contributed by atoms with Gasteiger partial charge in [0.1, 0.15) is 17.2 Å². The van der Waals surface area contributed by atoms with Crippen molar-refractivity contribution in [2.75, 3.05) is 20.5 Å². The summed E-state index contributed by atoms with van der Waals surface area (Å²) in [5.74, 6) is 3.14. The summed E-state index contributed by atoms with van der Waals surface area (Å²) < 4.78 is 22.2. The fourth-order valence-corrected chi connectivity index (χ4v) is 4.24. The molecule has 0 amide bonds. The maximum atomic E-state index is 10.7. The molecular formula is C25H25NO5. The van der Waals surface area contributed by atoms with Crippen molar-refractivity contribution in [3.8, 4) is 28.7 Å². The molecule has 3 aromatic rings. The number of ether oxygens (including phenoxy) is 4. The Labute approximate surface area is 181 Å². The molecular weight excluding hydrogens is 394 g/mol. The van der Waals surface area contributed by atoms with Crippen LogP contribution in [-0.4, -0.2) is 25.6 Å². The molecule has 0 spiro atoms. The van der Waals surface area contributed by atoms with Crippen LogP contribution in [0.15, 0.2) is 54.6 Å². The molecule has 2 heterocycles. The molecule has 2 aliphatic rings. The molecule has 2 aliphatic heterocycles. The van der Waals surface area contributed by atoms with Gasteiger partial charge in [-0.1, -0.05) is 19.1 Å². The lowest BCUT2D eigenvalue weighted by Crippen LogP contribution is -2.19. The van der Waals surface area contributed by atoms with Crippen molar-refractivity contribution in [1.82, 2.24) is 5.32 Å². The summed E-state index contributed by atoms with van der Waals surface area (Å²) in [4.78, 5) is 0. The van der Waals surface area contributed by atoms with Gasteiger partial charge < -0.3 is 24.1 Å². The van der Waals surface area contributed by atoms with Crippen LogP contribution in [-0.2, 0) is 0 Å². The van der Waals surface area contributed by atoms with Gasteiger partial charge in [-0.3, -0.25) is 5.32 Å². The first-order chi connectivity index (χ1) is 15.2. The standard InChI is InChI=1S/C25H25NO5/c1-3-10-29-17-6-7-18-20(12-17)25(19-8-5-16(28-2)13-21(19)27)26-24(18)15-4-9-22-23(11-15)31-14-30-22/h4-9,11-13,24-27H,3,10,14H2,1-2H3. The fourth-order valence-electron chi connectivity index (χ4n) is 4.24. The Morgan fingerprint density at radius 2 is 1.71 bits per heavy atom. The Morgan fingerprint density at radius 1 is 0.903 bits per heavy atom. The lowest BCUT2D eigenvalue weighted by atomic mass is 9.94. The zero-order valence-corrected chi connectivity index (χ0v) is 17.6. The van der Waals surface area contributed by atoms with Gasteiger partial charge in [-0.2, -0.15) is 0 Å². The maximum absolute atomic E-state index is 10.7. The largest absolute Gasteiger partial charge is 0.507 e. The van der Waals surface area contributed by atoms with Gasteiger partial charge in [-0.05, 0) is 59.5 Å². The van der Waals surface area contributed by atoms with Gasteiger partial charge in [0.2, 0.25) is 6.79 Å². The summed E-state index contributed by atoms with van der Waals surface area (Å²) in [5, 5.41) is 14.4. The number of aromatic hydroxyl groups is 1. The third-order valence-electron chi connectivity index (χ3n) is 5.77. The van der Waals surface area contributed by atoms with Gasteiger partial charge in [0.05, 0.1) is 25.8 Å². The number of hydrogen-bond donors (Lipinski definition) is 2. The molecule has 160 valence electrons. The van der Waals surface area contributed by atoms with Gasteiger partial charge in [-0.15, -0.1) is 0 Å². The van der Waals surface area contributed by atoms with Crippen LogP contribution < -0.4 is 24.3 Å². The molecule has 0 bridgehead atoms. The molecule has 5 rings (SSSR count). The molecule has 0 aromatic heterocycles.